The Balaban J connectivity index is 2.01. The lowest BCUT2D eigenvalue weighted by Gasteiger charge is -2.29. The molecule has 0 atom stereocenters. The summed E-state index contributed by atoms with van der Waals surface area (Å²) in [6, 6.07) is 9.45. The van der Waals surface area contributed by atoms with Gasteiger partial charge in [-0.1, -0.05) is 30.3 Å². The molecule has 4 nitrogen and oxygen atoms in total. The fourth-order valence-electron chi connectivity index (χ4n) is 2.21. The summed E-state index contributed by atoms with van der Waals surface area (Å²) in [5.74, 6) is 0.463. The number of benzene rings is 1. The van der Waals surface area contributed by atoms with Crippen molar-refractivity contribution in [3.05, 3.63) is 41.3 Å². The maximum absolute atomic E-state index is 12.2. The van der Waals surface area contributed by atoms with E-state index in [1.807, 2.05) is 30.3 Å². The minimum Gasteiger partial charge on any atom is -0.330 e. The maximum atomic E-state index is 12.2. The molecule has 0 saturated carbocycles. The van der Waals surface area contributed by atoms with Crippen molar-refractivity contribution in [1.82, 2.24) is 4.31 Å². The summed E-state index contributed by atoms with van der Waals surface area (Å²) in [5, 5.41) is 1.30. The second-order valence-corrected chi connectivity index (χ2v) is 6.66. The van der Waals surface area contributed by atoms with Gasteiger partial charge in [0.15, 0.2) is 0 Å². The smallest absolute Gasteiger partial charge is 0.236 e. The van der Waals surface area contributed by atoms with Crippen molar-refractivity contribution >= 4 is 16.1 Å². The molecule has 0 bridgehead atoms. The molecular formula is C14H20N2O2S. The zero-order chi connectivity index (χ0) is 13.7. The summed E-state index contributed by atoms with van der Waals surface area (Å²) in [7, 11) is -3.30. The molecule has 104 valence electrons. The number of piperidine rings is 1. The molecule has 0 unspecified atom stereocenters. The molecule has 0 spiro atoms. The van der Waals surface area contributed by atoms with Crippen molar-refractivity contribution in [3.8, 4) is 0 Å². The van der Waals surface area contributed by atoms with Crippen LogP contribution in [0.3, 0.4) is 0 Å². The first-order valence-electron chi connectivity index (χ1n) is 6.55. The van der Waals surface area contributed by atoms with Crippen LogP contribution in [0.15, 0.2) is 35.7 Å². The van der Waals surface area contributed by atoms with Crippen LogP contribution in [-0.2, 0) is 10.0 Å². The van der Waals surface area contributed by atoms with Crippen LogP contribution in [0.4, 0.5) is 0 Å². The third kappa shape index (κ3) is 3.89. The van der Waals surface area contributed by atoms with Crippen LogP contribution in [0.5, 0.6) is 0 Å². The van der Waals surface area contributed by atoms with Crippen LogP contribution in [-0.4, -0.2) is 32.4 Å². The first-order chi connectivity index (χ1) is 9.12. The van der Waals surface area contributed by atoms with Gasteiger partial charge in [0.2, 0.25) is 10.0 Å². The van der Waals surface area contributed by atoms with E-state index in [1.165, 1.54) is 5.41 Å². The Morgan fingerprint density at radius 3 is 2.42 bits per heavy atom. The largest absolute Gasteiger partial charge is 0.330 e. The predicted octanol–water partition coefficient (Wildman–Crippen LogP) is 1.66. The molecule has 0 aromatic heterocycles. The Kier molecular flexibility index (Phi) is 4.74. The molecular weight excluding hydrogens is 260 g/mol. The summed E-state index contributed by atoms with van der Waals surface area (Å²) < 4.78 is 25.9. The lowest BCUT2D eigenvalue weighted by atomic mass is 9.99. The van der Waals surface area contributed by atoms with Crippen molar-refractivity contribution in [2.75, 3.05) is 19.6 Å². The minimum absolute atomic E-state index is 0.463. The maximum Gasteiger partial charge on any atom is 0.236 e. The molecule has 1 aliphatic rings. The summed E-state index contributed by atoms with van der Waals surface area (Å²) in [6.45, 7) is 1.79. The third-order valence-electron chi connectivity index (χ3n) is 3.50. The average Bonchev–Trinajstić information content (AvgIpc) is 2.46. The van der Waals surface area contributed by atoms with E-state index in [-0.39, 0.29) is 0 Å². The molecule has 1 fully saturated rings. The Morgan fingerprint density at radius 2 is 1.84 bits per heavy atom. The Labute approximate surface area is 115 Å². The monoisotopic (exact) mass is 280 g/mol. The lowest BCUT2D eigenvalue weighted by Crippen LogP contribution is -2.39. The molecule has 2 N–H and O–H groups in total. The van der Waals surface area contributed by atoms with Crippen LogP contribution in [0.2, 0.25) is 0 Å². The van der Waals surface area contributed by atoms with E-state index in [0.29, 0.717) is 25.6 Å². The van der Waals surface area contributed by atoms with Gasteiger partial charge >= 0.3 is 0 Å². The first-order valence-corrected chi connectivity index (χ1v) is 8.05. The van der Waals surface area contributed by atoms with Crippen molar-refractivity contribution in [3.63, 3.8) is 0 Å². The van der Waals surface area contributed by atoms with Crippen molar-refractivity contribution in [2.45, 2.75) is 12.8 Å². The number of rotatable bonds is 4. The number of hydrogen-bond acceptors (Lipinski definition) is 3. The molecule has 1 saturated heterocycles. The van der Waals surface area contributed by atoms with Crippen LogP contribution < -0.4 is 5.73 Å². The Morgan fingerprint density at radius 1 is 1.21 bits per heavy atom. The van der Waals surface area contributed by atoms with Gasteiger partial charge in [0.05, 0.1) is 0 Å². The first kappa shape index (κ1) is 14.2. The molecule has 0 radical (unpaired) electrons. The molecule has 1 aromatic rings. The fraction of sp³-hybridized carbons (Fsp3) is 0.429. The zero-order valence-corrected chi connectivity index (χ0v) is 11.7. The summed E-state index contributed by atoms with van der Waals surface area (Å²) in [4.78, 5) is 0. The molecule has 0 aliphatic carbocycles. The molecule has 19 heavy (non-hydrogen) atoms. The molecule has 0 amide bonds. The zero-order valence-electron chi connectivity index (χ0n) is 10.9. The molecule has 1 aliphatic heterocycles. The van der Waals surface area contributed by atoms with Crippen LogP contribution >= 0.6 is 0 Å². The van der Waals surface area contributed by atoms with E-state index >= 15 is 0 Å². The van der Waals surface area contributed by atoms with Gasteiger partial charge in [0.25, 0.3) is 0 Å². The van der Waals surface area contributed by atoms with Gasteiger partial charge in [0, 0.05) is 18.5 Å². The van der Waals surface area contributed by atoms with E-state index in [1.54, 1.807) is 10.4 Å². The van der Waals surface area contributed by atoms with E-state index < -0.39 is 10.0 Å². The van der Waals surface area contributed by atoms with Crippen LogP contribution in [0, 0.1) is 5.92 Å². The summed E-state index contributed by atoms with van der Waals surface area (Å²) >= 11 is 0. The van der Waals surface area contributed by atoms with Gasteiger partial charge in [0.1, 0.15) is 0 Å². The average molecular weight is 280 g/mol. The van der Waals surface area contributed by atoms with E-state index in [4.69, 9.17) is 5.73 Å². The second-order valence-electron chi connectivity index (χ2n) is 4.84. The molecule has 2 rings (SSSR count). The predicted molar refractivity (Wildman–Crippen MR) is 77.7 cm³/mol. The highest BCUT2D eigenvalue weighted by Gasteiger charge is 2.25. The highest BCUT2D eigenvalue weighted by atomic mass is 32.2. The van der Waals surface area contributed by atoms with Crippen LogP contribution in [0.1, 0.15) is 18.4 Å². The Bertz CT molecular complexity index is 518. The van der Waals surface area contributed by atoms with Gasteiger partial charge in [-0.05, 0) is 36.9 Å². The van der Waals surface area contributed by atoms with E-state index in [0.717, 1.165) is 18.4 Å². The number of nitrogens with zero attached hydrogens (tertiary/aromatic N) is 1. The fourth-order valence-corrected chi connectivity index (χ4v) is 3.44. The highest BCUT2D eigenvalue weighted by molar-refractivity contribution is 7.92. The SMILES string of the molecule is NCC1CCN(S(=O)(=O)/C=C/c2ccccc2)CC1. The van der Waals surface area contributed by atoms with Gasteiger partial charge < -0.3 is 5.73 Å². The molecule has 5 heteroatoms. The highest BCUT2D eigenvalue weighted by Crippen LogP contribution is 2.19. The lowest BCUT2D eigenvalue weighted by molar-refractivity contribution is 0.281. The third-order valence-corrected chi connectivity index (χ3v) is 5.06. The number of nitrogens with two attached hydrogens (primary N) is 1. The number of hydrogen-bond donors (Lipinski definition) is 1. The van der Waals surface area contributed by atoms with Crippen molar-refractivity contribution < 1.29 is 8.42 Å². The second kappa shape index (κ2) is 6.32. The normalized spacial score (nSPS) is 19.0. The van der Waals surface area contributed by atoms with Crippen molar-refractivity contribution in [2.24, 2.45) is 11.7 Å². The summed E-state index contributed by atoms with van der Waals surface area (Å²) in [5.41, 5.74) is 6.50. The van der Waals surface area contributed by atoms with Gasteiger partial charge in [-0.2, -0.15) is 4.31 Å². The molecule has 1 heterocycles. The quantitative estimate of drug-likeness (QED) is 0.912. The van der Waals surface area contributed by atoms with Gasteiger partial charge in [-0.3, -0.25) is 0 Å². The van der Waals surface area contributed by atoms with E-state index in [2.05, 4.69) is 0 Å². The van der Waals surface area contributed by atoms with Crippen molar-refractivity contribution in [1.29, 1.82) is 0 Å². The number of sulfonamides is 1. The standard InChI is InChI=1S/C14H20N2O2S/c15-12-14-6-9-16(10-7-14)19(17,18)11-8-13-4-2-1-3-5-13/h1-5,8,11,14H,6-7,9-10,12,15H2/b11-8+. The topological polar surface area (TPSA) is 63.4 Å². The van der Waals surface area contributed by atoms with Gasteiger partial charge in [-0.25, -0.2) is 8.42 Å². The summed E-state index contributed by atoms with van der Waals surface area (Å²) in [6.07, 6.45) is 3.36. The molecule has 1 aromatic carbocycles. The minimum atomic E-state index is -3.30. The van der Waals surface area contributed by atoms with Gasteiger partial charge in [-0.15, -0.1) is 0 Å². The van der Waals surface area contributed by atoms with Crippen LogP contribution in [0.25, 0.3) is 6.08 Å². The van der Waals surface area contributed by atoms with E-state index in [9.17, 15) is 8.42 Å². The Hall–Kier alpha value is -1.17.